The number of aryl methyl sites for hydroxylation is 1. The standard InChI is InChI=1S/C24H19F3N5O/c1-13-4-3-5-18(29-13)12-33-23-20(16-10-14(2)30-19(11-16)22(26)27)21(31-24(28)32-23)15-6-8-17(25)9-7-15/h3-11,22H,1,12H2,2H3,(H2,28,31,32). The molecule has 3 aromatic heterocycles. The van der Waals surface area contributed by atoms with E-state index in [9.17, 15) is 13.2 Å². The van der Waals surface area contributed by atoms with Crippen molar-refractivity contribution in [2.75, 3.05) is 5.73 Å². The highest BCUT2D eigenvalue weighted by molar-refractivity contribution is 5.85. The monoisotopic (exact) mass is 450 g/mol. The van der Waals surface area contributed by atoms with Crippen molar-refractivity contribution in [1.82, 2.24) is 19.9 Å². The predicted octanol–water partition coefficient (Wildman–Crippen LogP) is 5.33. The first kappa shape index (κ1) is 22.2. The average molecular weight is 450 g/mol. The molecule has 0 atom stereocenters. The number of nitrogens with zero attached hydrogens (tertiary/aromatic N) is 4. The Morgan fingerprint density at radius 1 is 0.970 bits per heavy atom. The van der Waals surface area contributed by atoms with Crippen LogP contribution in [0.1, 0.15) is 29.2 Å². The molecule has 1 radical (unpaired) electrons. The third-order valence-electron chi connectivity index (χ3n) is 4.72. The third-order valence-corrected chi connectivity index (χ3v) is 4.72. The van der Waals surface area contributed by atoms with Crippen LogP contribution in [0, 0.1) is 19.7 Å². The zero-order valence-electron chi connectivity index (χ0n) is 17.6. The van der Waals surface area contributed by atoms with Gasteiger partial charge in [-0.25, -0.2) is 18.2 Å². The Morgan fingerprint density at radius 3 is 2.42 bits per heavy atom. The van der Waals surface area contributed by atoms with Gasteiger partial charge in [-0.15, -0.1) is 0 Å². The van der Waals surface area contributed by atoms with Gasteiger partial charge >= 0.3 is 0 Å². The summed E-state index contributed by atoms with van der Waals surface area (Å²) in [6.07, 6.45) is -2.78. The lowest BCUT2D eigenvalue weighted by molar-refractivity contribution is 0.146. The predicted molar refractivity (Wildman–Crippen MR) is 118 cm³/mol. The van der Waals surface area contributed by atoms with Crippen molar-refractivity contribution in [2.45, 2.75) is 20.0 Å². The second-order valence-electron chi connectivity index (χ2n) is 7.25. The van der Waals surface area contributed by atoms with Crippen molar-refractivity contribution < 1.29 is 17.9 Å². The molecule has 0 bridgehead atoms. The van der Waals surface area contributed by atoms with Gasteiger partial charge in [0.25, 0.3) is 6.43 Å². The summed E-state index contributed by atoms with van der Waals surface area (Å²) in [6, 6.07) is 13.7. The molecule has 0 amide bonds. The topological polar surface area (TPSA) is 86.8 Å². The van der Waals surface area contributed by atoms with Crippen molar-refractivity contribution >= 4 is 5.95 Å². The highest BCUT2D eigenvalue weighted by Gasteiger charge is 2.21. The van der Waals surface area contributed by atoms with Gasteiger partial charge in [-0.05, 0) is 67.9 Å². The fourth-order valence-electron chi connectivity index (χ4n) is 3.34. The highest BCUT2D eigenvalue weighted by atomic mass is 19.3. The van der Waals surface area contributed by atoms with Crippen LogP contribution in [0.15, 0.2) is 54.6 Å². The fraction of sp³-hybridized carbons (Fsp3) is 0.125. The maximum atomic E-state index is 13.5. The molecular formula is C24H19F3N5O. The molecular weight excluding hydrogens is 431 g/mol. The Kier molecular flexibility index (Phi) is 6.21. The summed E-state index contributed by atoms with van der Waals surface area (Å²) >= 11 is 0. The zero-order valence-corrected chi connectivity index (χ0v) is 17.6. The van der Waals surface area contributed by atoms with Crippen molar-refractivity contribution in [2.24, 2.45) is 0 Å². The van der Waals surface area contributed by atoms with Crippen molar-refractivity contribution in [3.05, 3.63) is 90.1 Å². The van der Waals surface area contributed by atoms with Gasteiger partial charge in [0.1, 0.15) is 18.1 Å². The van der Waals surface area contributed by atoms with E-state index in [1.807, 2.05) is 0 Å². The van der Waals surface area contributed by atoms with Gasteiger partial charge in [-0.1, -0.05) is 6.07 Å². The molecule has 1 aromatic carbocycles. The Hall–Kier alpha value is -4.01. The Labute approximate surface area is 188 Å². The number of hydrogen-bond donors (Lipinski definition) is 1. The van der Waals surface area contributed by atoms with Gasteiger partial charge < -0.3 is 10.5 Å². The molecule has 0 unspecified atom stereocenters. The Balaban J connectivity index is 1.89. The number of nitrogens with two attached hydrogens (primary N) is 1. The first-order chi connectivity index (χ1) is 15.8. The van der Waals surface area contributed by atoms with Crippen LogP contribution in [0.2, 0.25) is 0 Å². The van der Waals surface area contributed by atoms with E-state index < -0.39 is 17.9 Å². The van der Waals surface area contributed by atoms with Crippen molar-refractivity contribution in [3.63, 3.8) is 0 Å². The van der Waals surface area contributed by atoms with E-state index in [0.29, 0.717) is 39.5 Å². The van der Waals surface area contributed by atoms with Crippen LogP contribution in [0.3, 0.4) is 0 Å². The third kappa shape index (κ3) is 5.08. The maximum Gasteiger partial charge on any atom is 0.280 e. The summed E-state index contributed by atoms with van der Waals surface area (Å²) in [5, 5.41) is 0. The lowest BCUT2D eigenvalue weighted by Gasteiger charge is -2.16. The molecule has 167 valence electrons. The molecule has 0 aliphatic carbocycles. The highest BCUT2D eigenvalue weighted by Crippen LogP contribution is 2.39. The smallest absolute Gasteiger partial charge is 0.280 e. The van der Waals surface area contributed by atoms with Crippen LogP contribution < -0.4 is 10.5 Å². The minimum atomic E-state index is -2.78. The lowest BCUT2D eigenvalue weighted by Crippen LogP contribution is -2.07. The fourth-order valence-corrected chi connectivity index (χ4v) is 3.34. The van der Waals surface area contributed by atoms with E-state index in [-0.39, 0.29) is 18.4 Å². The van der Waals surface area contributed by atoms with Gasteiger partial charge in [-0.3, -0.25) is 9.97 Å². The average Bonchev–Trinajstić information content (AvgIpc) is 2.77. The molecule has 6 nitrogen and oxygen atoms in total. The van der Waals surface area contributed by atoms with Crippen LogP contribution in [0.25, 0.3) is 22.4 Å². The molecule has 4 rings (SSSR count). The molecule has 9 heteroatoms. The summed E-state index contributed by atoms with van der Waals surface area (Å²) < 4.78 is 46.4. The quantitative estimate of drug-likeness (QED) is 0.427. The number of ether oxygens (including phenoxy) is 1. The number of rotatable bonds is 6. The van der Waals surface area contributed by atoms with Crippen molar-refractivity contribution in [1.29, 1.82) is 0 Å². The molecule has 0 fully saturated rings. The van der Waals surface area contributed by atoms with Crippen molar-refractivity contribution in [3.8, 4) is 28.3 Å². The summed E-state index contributed by atoms with van der Waals surface area (Å²) in [6.45, 7) is 5.43. The number of alkyl halides is 2. The molecule has 0 saturated carbocycles. The Morgan fingerprint density at radius 2 is 1.73 bits per heavy atom. The molecule has 0 aliphatic heterocycles. The molecule has 0 spiro atoms. The van der Waals surface area contributed by atoms with Crippen LogP contribution in [-0.4, -0.2) is 19.9 Å². The summed E-state index contributed by atoms with van der Waals surface area (Å²) in [7, 11) is 0. The number of anilines is 1. The normalized spacial score (nSPS) is 11.1. The van der Waals surface area contributed by atoms with E-state index in [0.717, 1.165) is 0 Å². The summed E-state index contributed by atoms with van der Waals surface area (Å²) in [4.78, 5) is 16.7. The van der Waals surface area contributed by atoms with Crippen LogP contribution in [0.5, 0.6) is 5.88 Å². The SMILES string of the molecule is [CH2]c1cccc(COc2nc(N)nc(-c3ccc(F)cc3)c2-c2cc(C)nc(C(F)F)c2)n1. The van der Waals surface area contributed by atoms with E-state index in [1.54, 1.807) is 31.2 Å². The summed E-state index contributed by atoms with van der Waals surface area (Å²) in [5.74, 6) is -0.451. The maximum absolute atomic E-state index is 13.5. The number of pyridine rings is 2. The second kappa shape index (κ2) is 9.23. The van der Waals surface area contributed by atoms with Gasteiger partial charge in [-0.2, -0.15) is 4.98 Å². The minimum absolute atomic E-state index is 0.0292. The molecule has 3 heterocycles. The van der Waals surface area contributed by atoms with Gasteiger partial charge in [0.15, 0.2) is 0 Å². The molecule has 4 aromatic rings. The number of nitrogen functional groups attached to an aromatic ring is 1. The number of hydrogen-bond acceptors (Lipinski definition) is 6. The van der Waals surface area contributed by atoms with Crippen LogP contribution in [0.4, 0.5) is 19.1 Å². The second-order valence-corrected chi connectivity index (χ2v) is 7.25. The number of benzene rings is 1. The molecule has 0 aliphatic rings. The molecule has 33 heavy (non-hydrogen) atoms. The van der Waals surface area contributed by atoms with E-state index in [1.165, 1.54) is 30.3 Å². The number of aromatic nitrogens is 4. The van der Waals surface area contributed by atoms with Gasteiger partial charge in [0, 0.05) is 17.0 Å². The number of halogens is 3. The molecule has 0 saturated heterocycles. The first-order valence-electron chi connectivity index (χ1n) is 9.91. The summed E-state index contributed by atoms with van der Waals surface area (Å²) in [5.41, 5.74) is 8.59. The van der Waals surface area contributed by atoms with Gasteiger partial charge in [0.2, 0.25) is 11.8 Å². The van der Waals surface area contributed by atoms with Crippen LogP contribution in [-0.2, 0) is 6.61 Å². The van der Waals surface area contributed by atoms with Crippen LogP contribution >= 0.6 is 0 Å². The first-order valence-corrected chi connectivity index (χ1v) is 9.91. The minimum Gasteiger partial charge on any atom is -0.471 e. The van der Waals surface area contributed by atoms with Gasteiger partial charge in [0.05, 0.1) is 17.0 Å². The lowest BCUT2D eigenvalue weighted by atomic mass is 9.99. The molecule has 2 N–H and O–H groups in total. The van der Waals surface area contributed by atoms with E-state index in [2.05, 4.69) is 26.9 Å². The Bertz CT molecular complexity index is 1300. The zero-order chi connectivity index (χ0) is 23.5. The van der Waals surface area contributed by atoms with E-state index in [4.69, 9.17) is 10.5 Å². The van der Waals surface area contributed by atoms with E-state index >= 15 is 0 Å². The largest absolute Gasteiger partial charge is 0.471 e.